The average molecular weight is 956 g/mol. The molecule has 1 atom stereocenters. The lowest BCUT2D eigenvalue weighted by Crippen LogP contribution is -2.36. The molecule has 0 spiro atoms. The van der Waals surface area contributed by atoms with E-state index in [2.05, 4.69) is 15.9 Å². The molecule has 17 nitrogen and oxygen atoms in total. The van der Waals surface area contributed by atoms with Gasteiger partial charge in [-0.15, -0.1) is 5.06 Å². The fraction of sp³-hybridized carbons (Fsp3) is 0.462. The minimum absolute atomic E-state index is 0.0233. The number of rotatable bonds is 19. The molecule has 0 saturated carbocycles. The van der Waals surface area contributed by atoms with Gasteiger partial charge in [-0.1, -0.05) is 31.1 Å². The van der Waals surface area contributed by atoms with Crippen LogP contribution >= 0.6 is 15.9 Å². The molecule has 21 heteroatoms. The van der Waals surface area contributed by atoms with Crippen LogP contribution < -0.4 is 9.47 Å². The Balaban J connectivity index is 1.41. The van der Waals surface area contributed by atoms with Crippen LogP contribution in [0.4, 0.5) is 11.5 Å². The summed E-state index contributed by atoms with van der Waals surface area (Å²) in [4.78, 5) is 47.4. The summed E-state index contributed by atoms with van der Waals surface area (Å²) in [5, 5.41) is 0.495. The van der Waals surface area contributed by atoms with Gasteiger partial charge < -0.3 is 14.3 Å². The zero-order valence-electron chi connectivity index (χ0n) is 33.2. The van der Waals surface area contributed by atoms with Crippen molar-refractivity contribution in [1.29, 1.82) is 0 Å². The van der Waals surface area contributed by atoms with Gasteiger partial charge in [0.2, 0.25) is 0 Å². The minimum Gasteiger partial charge on any atom is -0.748 e. The van der Waals surface area contributed by atoms with Crippen molar-refractivity contribution in [2.24, 2.45) is 4.99 Å². The Bertz CT molecular complexity index is 2500. The first-order valence-electron chi connectivity index (χ1n) is 19.1. The second-order valence-electron chi connectivity index (χ2n) is 15.5. The van der Waals surface area contributed by atoms with Crippen molar-refractivity contribution < 1.29 is 62.7 Å². The van der Waals surface area contributed by atoms with Crippen LogP contribution in [0, 0.1) is 0 Å². The second-order valence-corrected chi connectivity index (χ2v) is 20.9. The average Bonchev–Trinajstić information content (AvgIpc) is 3.67. The lowest BCUT2D eigenvalue weighted by molar-refractivity contribution is -0.684. The molecule has 2 amide bonds. The number of pyridine rings is 1. The van der Waals surface area contributed by atoms with Gasteiger partial charge in [-0.2, -0.15) is 16.8 Å². The Labute approximate surface area is 358 Å². The molecule has 60 heavy (non-hydrogen) atoms. The fourth-order valence-corrected chi connectivity index (χ4v) is 9.56. The number of nitrogens with zero attached hydrogens (tertiary/aromatic N) is 4. The van der Waals surface area contributed by atoms with Crippen molar-refractivity contribution in [3.8, 4) is 0 Å². The lowest BCUT2D eigenvalue weighted by atomic mass is 9.77. The molecule has 1 fully saturated rings. The highest BCUT2D eigenvalue weighted by molar-refractivity contribution is 9.10. The number of allylic oxidation sites excluding steroid dienone is 6. The molecule has 2 aromatic rings. The maximum absolute atomic E-state index is 12.4. The van der Waals surface area contributed by atoms with E-state index in [0.29, 0.717) is 59.2 Å². The molecule has 1 aromatic carbocycles. The van der Waals surface area contributed by atoms with Gasteiger partial charge in [0.05, 0.1) is 42.8 Å². The number of hydroxylamine groups is 2. The van der Waals surface area contributed by atoms with Gasteiger partial charge in [-0.05, 0) is 109 Å². The molecule has 0 radical (unpaired) electrons. The SMILES string of the molecule is CC1(C)C(/C=C/C=C\C=C2/N(CCCS(=O)(=O)O)c3ccc(S(=O)(=O)O)cc3C2(C)CCCCCC(=O)ON2C(=O)CCC2=O)=Nc2c1cc(Br)c[n+]2CCCS(=O)(=O)[O-]. The van der Waals surface area contributed by atoms with Gasteiger partial charge in [0.1, 0.15) is 6.20 Å². The Morgan fingerprint density at radius 1 is 0.933 bits per heavy atom. The number of unbranched alkanes of at least 4 members (excludes halogenated alkanes) is 2. The summed E-state index contributed by atoms with van der Waals surface area (Å²) in [7, 11) is -13.3. The number of imide groups is 1. The van der Waals surface area contributed by atoms with E-state index in [0.717, 1.165) is 10.0 Å². The van der Waals surface area contributed by atoms with Crippen molar-refractivity contribution >= 4 is 81.3 Å². The minimum atomic E-state index is -4.61. The molecular formula is C39H47BrN4O13S3. The summed E-state index contributed by atoms with van der Waals surface area (Å²) < 4.78 is 104. The standard InChI is InChI=1S/C39H47BrN4O13S3/c1-38(2)30-24-27(40)26-42(20-10-22-58(48,49)50)37(30)41-32(38)12-6-4-7-13-33-39(3,19-9-5-8-14-36(47)57-44-34(45)17-18-35(44)46)29-25-28(60(54,55)56)15-16-31(29)43(33)21-11-23-59(51,52)53/h4,6-7,12-13,15-16,24-26H,5,8-11,14,17-23H2,1-3H3,(H2-,48,49,50,51,52,53,54,55,56). The molecule has 1 aromatic heterocycles. The van der Waals surface area contributed by atoms with Crippen LogP contribution in [0.2, 0.25) is 0 Å². The van der Waals surface area contributed by atoms with Crippen LogP contribution in [0.3, 0.4) is 0 Å². The van der Waals surface area contributed by atoms with Crippen LogP contribution in [0.5, 0.6) is 0 Å². The van der Waals surface area contributed by atoms with E-state index >= 15 is 0 Å². The lowest BCUT2D eigenvalue weighted by Gasteiger charge is -2.30. The predicted octanol–water partition coefficient (Wildman–Crippen LogP) is 4.89. The number of amides is 2. The number of fused-ring (bicyclic) bond motifs is 2. The largest absolute Gasteiger partial charge is 0.748 e. The smallest absolute Gasteiger partial charge is 0.333 e. The first-order chi connectivity index (χ1) is 27.9. The van der Waals surface area contributed by atoms with Gasteiger partial charge in [-0.3, -0.25) is 18.7 Å². The first-order valence-corrected chi connectivity index (χ1v) is 24.6. The van der Waals surface area contributed by atoms with Gasteiger partial charge in [-0.25, -0.2) is 17.8 Å². The van der Waals surface area contributed by atoms with Crippen molar-refractivity contribution in [2.45, 2.75) is 101 Å². The van der Waals surface area contributed by atoms with Crippen LogP contribution in [0.1, 0.15) is 89.7 Å². The summed E-state index contributed by atoms with van der Waals surface area (Å²) in [6.07, 6.45) is 12.6. The summed E-state index contributed by atoms with van der Waals surface area (Å²) in [6, 6.07) is 6.11. The molecule has 1 saturated heterocycles. The van der Waals surface area contributed by atoms with Crippen LogP contribution in [0.15, 0.2) is 80.9 Å². The third kappa shape index (κ3) is 11.4. The zero-order chi connectivity index (χ0) is 44.3. The summed E-state index contributed by atoms with van der Waals surface area (Å²) in [6.45, 7) is 6.28. The number of benzene rings is 1. The third-order valence-corrected chi connectivity index (χ3v) is 13.6. The van der Waals surface area contributed by atoms with E-state index in [4.69, 9.17) is 9.83 Å². The highest BCUT2D eigenvalue weighted by Crippen LogP contribution is 2.51. The van der Waals surface area contributed by atoms with Gasteiger partial charge in [0.25, 0.3) is 32.1 Å². The van der Waals surface area contributed by atoms with E-state index in [1.807, 2.05) is 43.9 Å². The first kappa shape index (κ1) is 46.9. The third-order valence-electron chi connectivity index (χ3n) is 10.7. The Hall–Kier alpha value is -4.12. The van der Waals surface area contributed by atoms with Crippen molar-refractivity contribution in [2.75, 3.05) is 23.0 Å². The molecule has 326 valence electrons. The summed E-state index contributed by atoms with van der Waals surface area (Å²) >= 11 is 3.52. The second kappa shape index (κ2) is 18.5. The predicted molar refractivity (Wildman–Crippen MR) is 222 cm³/mol. The number of hydrogen-bond donors (Lipinski definition) is 2. The maximum atomic E-state index is 12.4. The van der Waals surface area contributed by atoms with E-state index in [9.17, 15) is 53.3 Å². The fourth-order valence-electron chi connectivity index (χ4n) is 7.60. The number of carbonyl (C=O) groups excluding carboxylic acids is 3. The Morgan fingerprint density at radius 2 is 1.63 bits per heavy atom. The highest BCUT2D eigenvalue weighted by Gasteiger charge is 2.44. The number of aromatic nitrogens is 1. The van der Waals surface area contributed by atoms with E-state index < -0.39 is 70.5 Å². The topological polar surface area (TPSA) is 249 Å². The number of aliphatic imine (C=N–C) groups is 1. The molecule has 0 aliphatic carbocycles. The number of halogens is 1. The molecule has 1 unspecified atom stereocenters. The Morgan fingerprint density at radius 3 is 2.28 bits per heavy atom. The van der Waals surface area contributed by atoms with Crippen molar-refractivity contribution in [3.05, 3.63) is 82.1 Å². The molecule has 4 heterocycles. The number of hydrogen-bond acceptors (Lipinski definition) is 13. The van der Waals surface area contributed by atoms with Crippen LogP contribution in [0.25, 0.3) is 0 Å². The van der Waals surface area contributed by atoms with E-state index in [1.165, 1.54) is 18.2 Å². The molecule has 0 bridgehead atoms. The maximum Gasteiger partial charge on any atom is 0.333 e. The zero-order valence-corrected chi connectivity index (χ0v) is 37.3. The summed E-state index contributed by atoms with van der Waals surface area (Å²) in [5.41, 5.74) is 1.96. The Kier molecular flexibility index (Phi) is 14.4. The number of aryl methyl sites for hydroxylation is 1. The quantitative estimate of drug-likeness (QED) is 0.0626. The molecule has 5 rings (SSSR count). The molecular weight excluding hydrogens is 909 g/mol. The normalized spacial score (nSPS) is 19.9. The molecule has 2 N–H and O–H groups in total. The van der Waals surface area contributed by atoms with Crippen LogP contribution in [-0.4, -0.2) is 85.5 Å². The molecule has 3 aliphatic heterocycles. The highest BCUT2D eigenvalue weighted by atomic mass is 79.9. The van der Waals surface area contributed by atoms with Gasteiger partial charge in [0, 0.05) is 48.4 Å². The van der Waals surface area contributed by atoms with Crippen LogP contribution in [-0.2, 0) is 67.0 Å². The summed E-state index contributed by atoms with van der Waals surface area (Å²) in [5.74, 6) is -2.28. The molecule has 3 aliphatic rings. The number of carbonyl (C=O) groups is 3. The van der Waals surface area contributed by atoms with Gasteiger partial charge in [0.15, 0.2) is 5.71 Å². The van der Waals surface area contributed by atoms with E-state index in [-0.39, 0.29) is 50.1 Å². The van der Waals surface area contributed by atoms with Crippen molar-refractivity contribution in [1.82, 2.24) is 5.06 Å². The number of anilines is 1. The van der Waals surface area contributed by atoms with Crippen molar-refractivity contribution in [3.63, 3.8) is 0 Å². The van der Waals surface area contributed by atoms with Gasteiger partial charge >= 0.3 is 11.8 Å². The monoisotopic (exact) mass is 954 g/mol. The van der Waals surface area contributed by atoms with E-state index in [1.54, 1.807) is 29.0 Å².